The Morgan fingerprint density at radius 1 is 0.279 bits per heavy atom. The Labute approximate surface area is 629 Å². The van der Waals surface area contributed by atoms with Crippen molar-refractivity contribution < 1.29 is 80.2 Å². The summed E-state index contributed by atoms with van der Waals surface area (Å²) in [4.78, 5) is 72.9. The average molecular weight is 1500 g/mol. The monoisotopic (exact) mass is 1490 g/mol. The highest BCUT2D eigenvalue weighted by Crippen LogP contribution is 2.45. The standard InChI is InChI=1S/C85H140O17P2/c1-5-9-13-17-21-25-29-32-35-37-39-41-44-46-50-53-57-61-65-69-82(87)95-75-80(101-84(89)71-67-63-59-55-49-28-24-20-16-12-8-4)77-99-103(91,92)97-73-79(86)74-98-104(93,94)100-78-81(102-85(90)72-68-64-60-56-52-48-43-34-31-27-23-19-15-11-7-3)76-96-83(88)70-66-62-58-54-51-47-45-42-40-38-36-33-30-26-22-18-14-10-6-2/h9-11,13-15,21-23,25-27,32-36,39-43,46,50,57,61,79-81,86H,5-8,12,16-20,24,28-31,37-38,44-45,47-49,51-56,58-60,62-78H2,1-4H3,(H,91,92)(H,93,94)/b13-9-,14-10-,15-11-,25-21-,26-22-,27-23-,35-32-,36-33-,41-39-,42-40-,43-34-,50-46-,61-57-. The topological polar surface area (TPSA) is 237 Å². The number of allylic oxidation sites excluding steroid dienone is 26. The predicted molar refractivity (Wildman–Crippen MR) is 427 cm³/mol. The summed E-state index contributed by atoms with van der Waals surface area (Å²) in [5, 5.41) is 10.6. The van der Waals surface area contributed by atoms with Gasteiger partial charge in [0, 0.05) is 25.7 Å². The molecule has 19 heteroatoms. The normalized spacial score (nSPS) is 14.7. The highest BCUT2D eigenvalue weighted by Gasteiger charge is 2.30. The van der Waals surface area contributed by atoms with Gasteiger partial charge in [-0.15, -0.1) is 0 Å². The van der Waals surface area contributed by atoms with Crippen LogP contribution < -0.4 is 0 Å². The van der Waals surface area contributed by atoms with Crippen LogP contribution in [0.3, 0.4) is 0 Å². The van der Waals surface area contributed by atoms with Crippen LogP contribution in [0.4, 0.5) is 0 Å². The average Bonchev–Trinajstić information content (AvgIpc) is 0.931. The summed E-state index contributed by atoms with van der Waals surface area (Å²) >= 11 is 0. The van der Waals surface area contributed by atoms with Crippen molar-refractivity contribution >= 4 is 39.5 Å². The molecule has 104 heavy (non-hydrogen) atoms. The largest absolute Gasteiger partial charge is 0.472 e. The Kier molecular flexibility index (Phi) is 72.0. The number of carbonyl (C=O) groups is 4. The molecule has 0 amide bonds. The number of ether oxygens (including phenoxy) is 4. The van der Waals surface area contributed by atoms with Gasteiger partial charge >= 0.3 is 39.5 Å². The summed E-state index contributed by atoms with van der Waals surface area (Å²) in [6, 6.07) is 0. The number of unbranched alkanes of at least 4 members (excludes halogenated alkanes) is 21. The molecule has 0 aliphatic carbocycles. The van der Waals surface area contributed by atoms with E-state index in [0.717, 1.165) is 173 Å². The van der Waals surface area contributed by atoms with Gasteiger partial charge in [-0.1, -0.05) is 295 Å². The summed E-state index contributed by atoms with van der Waals surface area (Å²) in [5.41, 5.74) is 0. The quantitative estimate of drug-likeness (QED) is 0.0169. The van der Waals surface area contributed by atoms with E-state index in [-0.39, 0.29) is 25.7 Å². The van der Waals surface area contributed by atoms with E-state index in [9.17, 15) is 43.2 Å². The van der Waals surface area contributed by atoms with Gasteiger partial charge in [-0.2, -0.15) is 0 Å². The SMILES string of the molecule is CC/C=C\C/C=C\C/C=C\C/C=C\C/C=C\C/C=C\CCC(=O)OCC(COP(=O)(O)OCC(O)COP(=O)(O)OCC(COC(=O)CCCCCCCC/C=C\C/C=C\C/C=C\C/C=C\CC)OC(=O)CCCCCCC/C=C\C/C=C\C/C=C\CC)OC(=O)CCCCCCCCCCCCC. The van der Waals surface area contributed by atoms with Crippen LogP contribution in [0.15, 0.2) is 158 Å². The number of rotatable bonds is 73. The first-order valence-corrected chi connectivity index (χ1v) is 42.7. The third-order valence-corrected chi connectivity index (χ3v) is 17.9. The van der Waals surface area contributed by atoms with Gasteiger partial charge in [-0.3, -0.25) is 37.3 Å². The first-order chi connectivity index (χ1) is 50.7. The number of hydrogen-bond acceptors (Lipinski definition) is 15. The Hall–Kier alpha value is -5.32. The molecule has 0 heterocycles. The molecule has 0 saturated heterocycles. The van der Waals surface area contributed by atoms with Gasteiger partial charge in [-0.05, 0) is 135 Å². The highest BCUT2D eigenvalue weighted by atomic mass is 31.2. The second-order valence-corrected chi connectivity index (χ2v) is 28.8. The van der Waals surface area contributed by atoms with Crippen LogP contribution in [0.5, 0.6) is 0 Å². The van der Waals surface area contributed by atoms with E-state index in [1.54, 1.807) is 0 Å². The maximum Gasteiger partial charge on any atom is 0.472 e. The van der Waals surface area contributed by atoms with Gasteiger partial charge in [0.1, 0.15) is 19.3 Å². The van der Waals surface area contributed by atoms with Crippen LogP contribution in [0.1, 0.15) is 297 Å². The molecule has 0 saturated carbocycles. The van der Waals surface area contributed by atoms with Crippen LogP contribution in [0, 0.1) is 0 Å². The summed E-state index contributed by atoms with van der Waals surface area (Å²) in [5.74, 6) is -2.31. The maximum absolute atomic E-state index is 13.1. The molecule has 592 valence electrons. The molecule has 5 atom stereocenters. The van der Waals surface area contributed by atoms with Crippen LogP contribution in [-0.2, 0) is 65.4 Å². The number of phosphoric acid groups is 2. The van der Waals surface area contributed by atoms with Crippen molar-refractivity contribution in [3.8, 4) is 0 Å². The number of hydrogen-bond donors (Lipinski definition) is 3. The zero-order valence-corrected chi connectivity index (χ0v) is 66.4. The molecule has 0 bridgehead atoms. The molecule has 0 aliphatic rings. The second-order valence-electron chi connectivity index (χ2n) is 25.9. The number of aliphatic hydroxyl groups excluding tert-OH is 1. The van der Waals surface area contributed by atoms with E-state index < -0.39 is 97.5 Å². The minimum absolute atomic E-state index is 0.0334. The third-order valence-electron chi connectivity index (χ3n) is 16.0. The zero-order chi connectivity index (χ0) is 76.0. The maximum atomic E-state index is 13.1. The van der Waals surface area contributed by atoms with Gasteiger partial charge in [0.15, 0.2) is 12.2 Å². The fourth-order valence-electron chi connectivity index (χ4n) is 10.1. The molecule has 0 fully saturated rings. The van der Waals surface area contributed by atoms with Gasteiger partial charge in [0.25, 0.3) is 0 Å². The zero-order valence-electron chi connectivity index (χ0n) is 64.6. The molecular weight excluding hydrogens is 1350 g/mol. The Morgan fingerprint density at radius 3 is 0.827 bits per heavy atom. The van der Waals surface area contributed by atoms with E-state index in [1.165, 1.54) is 38.5 Å². The van der Waals surface area contributed by atoms with E-state index in [4.69, 9.17) is 37.0 Å². The third kappa shape index (κ3) is 74.9. The lowest BCUT2D eigenvalue weighted by atomic mass is 10.1. The number of esters is 4. The summed E-state index contributed by atoms with van der Waals surface area (Å²) in [6.45, 7) is 4.40. The van der Waals surface area contributed by atoms with Crippen LogP contribution in [-0.4, -0.2) is 96.7 Å². The second kappa shape index (κ2) is 75.9. The summed E-state index contributed by atoms with van der Waals surface area (Å²) < 4.78 is 68.5. The van der Waals surface area contributed by atoms with Crippen molar-refractivity contribution in [2.75, 3.05) is 39.6 Å². The van der Waals surface area contributed by atoms with Crippen molar-refractivity contribution in [1.29, 1.82) is 0 Å². The fourth-order valence-corrected chi connectivity index (χ4v) is 11.7. The summed E-state index contributed by atoms with van der Waals surface area (Å²) in [6.07, 6.45) is 88.1. The minimum atomic E-state index is -5.00. The molecule has 5 unspecified atom stereocenters. The van der Waals surface area contributed by atoms with Crippen molar-refractivity contribution in [2.45, 2.75) is 316 Å². The van der Waals surface area contributed by atoms with Gasteiger partial charge in [0.2, 0.25) is 0 Å². The van der Waals surface area contributed by atoms with Gasteiger partial charge in [-0.25, -0.2) is 9.13 Å². The summed E-state index contributed by atoms with van der Waals surface area (Å²) in [7, 11) is -9.99. The molecule has 0 aromatic carbocycles. The lowest BCUT2D eigenvalue weighted by Crippen LogP contribution is -2.30. The molecule has 0 rings (SSSR count). The highest BCUT2D eigenvalue weighted by molar-refractivity contribution is 7.47. The molecule has 0 spiro atoms. The van der Waals surface area contributed by atoms with E-state index >= 15 is 0 Å². The fraction of sp³-hybridized carbons (Fsp3) is 0.647. The lowest BCUT2D eigenvalue weighted by Gasteiger charge is -2.21. The predicted octanol–water partition coefficient (Wildman–Crippen LogP) is 23.2. The molecule has 0 radical (unpaired) electrons. The Bertz CT molecular complexity index is 2590. The van der Waals surface area contributed by atoms with Crippen molar-refractivity contribution in [3.05, 3.63) is 158 Å². The van der Waals surface area contributed by atoms with E-state index in [2.05, 4.69) is 167 Å². The number of phosphoric ester groups is 2. The minimum Gasteiger partial charge on any atom is -0.462 e. The van der Waals surface area contributed by atoms with Crippen molar-refractivity contribution in [2.24, 2.45) is 0 Å². The van der Waals surface area contributed by atoms with Crippen LogP contribution in [0.25, 0.3) is 0 Å². The molecule has 0 aromatic heterocycles. The van der Waals surface area contributed by atoms with Crippen LogP contribution in [0.2, 0.25) is 0 Å². The van der Waals surface area contributed by atoms with E-state index in [1.807, 2.05) is 18.2 Å². The number of aliphatic hydroxyl groups is 1. The van der Waals surface area contributed by atoms with Gasteiger partial charge < -0.3 is 33.8 Å². The molecule has 0 aromatic rings. The Morgan fingerprint density at radius 2 is 0.519 bits per heavy atom. The Balaban J connectivity index is 5.41. The van der Waals surface area contributed by atoms with Crippen molar-refractivity contribution in [1.82, 2.24) is 0 Å². The molecular formula is C85H140O17P2. The lowest BCUT2D eigenvalue weighted by molar-refractivity contribution is -0.161. The molecule has 0 aliphatic heterocycles. The first kappa shape index (κ1) is 98.7. The van der Waals surface area contributed by atoms with Gasteiger partial charge in [0.05, 0.1) is 26.4 Å². The first-order valence-electron chi connectivity index (χ1n) is 39.7. The smallest absolute Gasteiger partial charge is 0.462 e. The van der Waals surface area contributed by atoms with E-state index in [0.29, 0.717) is 32.1 Å². The van der Waals surface area contributed by atoms with Crippen molar-refractivity contribution in [3.63, 3.8) is 0 Å². The van der Waals surface area contributed by atoms with Crippen LogP contribution >= 0.6 is 15.6 Å². The molecule has 17 nitrogen and oxygen atoms in total. The number of carbonyl (C=O) groups excluding carboxylic acids is 4. The molecule has 3 N–H and O–H groups in total.